The molecule has 0 N–H and O–H groups in total. The van der Waals surface area contributed by atoms with E-state index >= 15 is 0 Å². The van der Waals surface area contributed by atoms with Crippen molar-refractivity contribution in [3.8, 4) is 0 Å². The van der Waals surface area contributed by atoms with Crippen LogP contribution in [0.15, 0.2) is 4.60 Å². The van der Waals surface area contributed by atoms with Crippen LogP contribution in [0.25, 0.3) is 0 Å². The molecule has 0 aliphatic heterocycles. The second-order valence-electron chi connectivity index (χ2n) is 3.08. The Hall–Kier alpha value is -1.11. The van der Waals surface area contributed by atoms with E-state index in [0.29, 0.717) is 9.70 Å². The Balaban J connectivity index is 2.79. The Morgan fingerprint density at radius 1 is 1.65 bits per heavy atom. The Kier molecular flexibility index (Phi) is 2.92. The highest BCUT2D eigenvalue weighted by molar-refractivity contribution is 9.10. The van der Waals surface area contributed by atoms with Gasteiger partial charge in [0.25, 0.3) is 0 Å². The van der Waals surface area contributed by atoms with Crippen molar-refractivity contribution < 1.29 is 13.6 Å². The summed E-state index contributed by atoms with van der Waals surface area (Å²) < 4.78 is 25.9. The maximum atomic E-state index is 11.4. The number of ether oxygens (including phenoxy) is 1. The largest absolute Gasteiger partial charge is 0.442 e. The van der Waals surface area contributed by atoms with Crippen molar-refractivity contribution in [3.05, 3.63) is 38.1 Å². The van der Waals surface area contributed by atoms with Crippen LogP contribution in [0.1, 0.15) is 9.81 Å². The van der Waals surface area contributed by atoms with E-state index < -0.39 is 18.7 Å². The van der Waals surface area contributed by atoms with Crippen molar-refractivity contribution >= 4 is 22.0 Å². The van der Waals surface area contributed by atoms with Gasteiger partial charge in [-0.25, -0.2) is 4.79 Å². The number of aryl methyl sites for hydroxylation is 1. The molecule has 0 aromatic carbocycles. The molecule has 7 heteroatoms. The third-order valence-electron chi connectivity index (χ3n) is 1.45. The summed E-state index contributed by atoms with van der Waals surface area (Å²) in [5.41, 5.74) is -2.08. The van der Waals surface area contributed by atoms with Crippen LogP contribution in [0.5, 0.6) is 0 Å². The standard InChI is InChI=1S/C10H9BrN4O2/c1-10(2,3)17-9(16)14(4)6-7-8(11)13-15(5)12-7/h1-4H,6H2,5H3/i5D3. The lowest BCUT2D eigenvalue weighted by Crippen LogP contribution is -2.33. The summed E-state index contributed by atoms with van der Waals surface area (Å²) in [6.45, 7) is 12.4. The molecular formula is C10H9BrN4O2. The van der Waals surface area contributed by atoms with Gasteiger partial charge in [-0.05, 0) is 15.9 Å². The summed E-state index contributed by atoms with van der Waals surface area (Å²) in [4.78, 5) is 12.5. The molecule has 17 heavy (non-hydrogen) atoms. The molecule has 88 valence electrons. The highest BCUT2D eigenvalue weighted by Gasteiger charge is 2.22. The Morgan fingerprint density at radius 2 is 2.29 bits per heavy atom. The van der Waals surface area contributed by atoms with Gasteiger partial charge in [-0.1, -0.05) is 0 Å². The molecule has 1 aromatic heterocycles. The maximum absolute atomic E-state index is 11.4. The number of nitrogens with zero attached hydrogens (tertiary/aromatic N) is 4. The fraction of sp³-hybridized carbons (Fsp3) is 0.300. The monoisotopic (exact) mass is 299 g/mol. The Bertz CT molecular complexity index is 496. The van der Waals surface area contributed by atoms with Crippen molar-refractivity contribution in [2.45, 2.75) is 12.1 Å². The van der Waals surface area contributed by atoms with Crippen molar-refractivity contribution in [1.82, 2.24) is 19.9 Å². The highest BCUT2D eigenvalue weighted by Crippen LogP contribution is 2.14. The zero-order valence-corrected chi connectivity index (χ0v) is 10.1. The number of amides is 1. The second-order valence-corrected chi connectivity index (χ2v) is 3.83. The number of aromatic nitrogens is 3. The zero-order chi connectivity index (χ0) is 15.7. The van der Waals surface area contributed by atoms with E-state index in [-0.39, 0.29) is 16.8 Å². The van der Waals surface area contributed by atoms with Crippen molar-refractivity contribution in [2.24, 2.45) is 6.98 Å². The van der Waals surface area contributed by atoms with Crippen LogP contribution < -0.4 is 0 Å². The number of rotatable bonds is 3. The van der Waals surface area contributed by atoms with E-state index in [4.69, 9.17) is 31.9 Å². The lowest BCUT2D eigenvalue weighted by atomic mass is 10.2. The van der Waals surface area contributed by atoms with Gasteiger partial charge in [0.15, 0.2) is 4.60 Å². The highest BCUT2D eigenvalue weighted by atomic mass is 79.9. The summed E-state index contributed by atoms with van der Waals surface area (Å²) >= 11 is 3.00. The summed E-state index contributed by atoms with van der Waals surface area (Å²) in [5, 5.41) is 7.29. The van der Waals surface area contributed by atoms with Gasteiger partial charge in [-0.2, -0.15) is 9.90 Å². The molecular weight excluding hydrogens is 288 g/mol. The van der Waals surface area contributed by atoms with Gasteiger partial charge in [0, 0.05) is 31.9 Å². The number of carbonyl (C=O) groups is 1. The van der Waals surface area contributed by atoms with Gasteiger partial charge in [-0.15, -0.1) is 5.10 Å². The average molecular weight is 300 g/mol. The number of hydrogen-bond acceptors (Lipinski definition) is 4. The van der Waals surface area contributed by atoms with Crippen LogP contribution in [0, 0.1) is 27.8 Å². The van der Waals surface area contributed by atoms with Crippen molar-refractivity contribution in [3.63, 3.8) is 0 Å². The lowest BCUT2D eigenvalue weighted by Gasteiger charge is -2.22. The summed E-state index contributed by atoms with van der Waals surface area (Å²) in [7, 11) is 5.40. The molecule has 0 unspecified atom stereocenters. The molecule has 0 aliphatic carbocycles. The molecule has 0 bridgehead atoms. The number of carbonyl (C=O) groups excluding carboxylic acids is 1. The predicted molar refractivity (Wildman–Crippen MR) is 60.7 cm³/mol. The predicted octanol–water partition coefficient (Wildman–Crippen LogP) is 1.06. The van der Waals surface area contributed by atoms with E-state index in [1.807, 2.05) is 0 Å². The molecule has 0 atom stereocenters. The van der Waals surface area contributed by atoms with Crippen LogP contribution in [0.2, 0.25) is 0 Å². The molecule has 1 heterocycles. The molecule has 0 saturated carbocycles. The third-order valence-corrected chi connectivity index (χ3v) is 2.07. The summed E-state index contributed by atoms with van der Waals surface area (Å²) in [5.74, 6) is 0. The molecule has 0 saturated heterocycles. The smallest absolute Gasteiger partial charge is 0.411 e. The van der Waals surface area contributed by atoms with E-state index in [1.165, 1.54) is 0 Å². The minimum Gasteiger partial charge on any atom is -0.442 e. The van der Waals surface area contributed by atoms with E-state index in [1.54, 1.807) is 0 Å². The normalized spacial score (nSPS) is 14.8. The van der Waals surface area contributed by atoms with Gasteiger partial charge < -0.3 is 4.74 Å². The van der Waals surface area contributed by atoms with Crippen LogP contribution in [-0.4, -0.2) is 31.6 Å². The fourth-order valence-electron chi connectivity index (χ4n) is 0.851. The van der Waals surface area contributed by atoms with Crippen molar-refractivity contribution in [2.75, 3.05) is 0 Å². The minimum atomic E-state index is -2.55. The third kappa shape index (κ3) is 4.33. The zero-order valence-electron chi connectivity index (χ0n) is 11.5. The maximum Gasteiger partial charge on any atom is 0.411 e. The summed E-state index contributed by atoms with van der Waals surface area (Å²) in [6, 6.07) is 0. The van der Waals surface area contributed by atoms with Crippen LogP contribution >= 0.6 is 15.9 Å². The second kappa shape index (κ2) is 5.03. The first-order valence-corrected chi connectivity index (χ1v) is 4.93. The molecule has 0 aliphatic rings. The van der Waals surface area contributed by atoms with E-state index in [2.05, 4.69) is 30.9 Å². The molecule has 0 fully saturated rings. The van der Waals surface area contributed by atoms with Crippen LogP contribution in [0.3, 0.4) is 0 Å². The average Bonchev–Trinajstić information content (AvgIpc) is 2.57. The molecule has 1 rings (SSSR count). The first-order chi connectivity index (χ1) is 8.90. The Labute approximate surface area is 113 Å². The van der Waals surface area contributed by atoms with Crippen LogP contribution in [0.4, 0.5) is 4.79 Å². The molecule has 6 nitrogen and oxygen atoms in total. The SMILES string of the molecule is [2H]C([2H])([2H])n1nc(Br)c(CN([CH])C(=O)OC([CH])([CH])[CH])n1. The molecule has 0 spiro atoms. The van der Waals surface area contributed by atoms with Gasteiger partial charge in [0.05, 0.1) is 13.6 Å². The van der Waals surface area contributed by atoms with Gasteiger partial charge >= 0.3 is 6.09 Å². The lowest BCUT2D eigenvalue weighted by molar-refractivity contribution is 0.0730. The minimum absolute atomic E-state index is 0.0947. The van der Waals surface area contributed by atoms with Gasteiger partial charge in [0.1, 0.15) is 11.3 Å². The van der Waals surface area contributed by atoms with Gasteiger partial charge in [0.2, 0.25) is 0 Å². The fourth-order valence-corrected chi connectivity index (χ4v) is 1.21. The van der Waals surface area contributed by atoms with E-state index in [0.717, 1.165) is 0 Å². The number of halogens is 1. The molecule has 1 amide bonds. The van der Waals surface area contributed by atoms with E-state index in [9.17, 15) is 4.79 Å². The number of hydrogen-bond donors (Lipinski definition) is 0. The first kappa shape index (κ1) is 9.87. The Morgan fingerprint density at radius 3 is 2.76 bits per heavy atom. The first-order valence-electron chi connectivity index (χ1n) is 5.64. The topological polar surface area (TPSA) is 60.2 Å². The summed E-state index contributed by atoms with van der Waals surface area (Å²) in [6.07, 6.45) is -1.12. The van der Waals surface area contributed by atoms with Gasteiger partial charge in [-0.3, -0.25) is 4.90 Å². The van der Waals surface area contributed by atoms with Crippen molar-refractivity contribution in [1.29, 1.82) is 0 Å². The quantitative estimate of drug-likeness (QED) is 0.783. The molecule has 8 radical (unpaired) electrons. The molecule has 1 aromatic rings. The van der Waals surface area contributed by atoms with Crippen LogP contribution in [-0.2, 0) is 18.3 Å².